The molecule has 2 aromatic rings. The molecule has 46 heavy (non-hydrogen) atoms. The maximum absolute atomic E-state index is 14.3. The van der Waals surface area contributed by atoms with E-state index in [9.17, 15) is 22.8 Å². The molecule has 256 valence electrons. The SMILES string of the molecule is CC(C)CC(C)(COc1ccc(-c2ccnc(NC3CCN(C(=O)OC(C)(C)C)CC3)c2)cc1C(F)(F)F)NC(=O)OC(C)(C)C. The zero-order valence-corrected chi connectivity index (χ0v) is 28.4. The van der Waals surface area contributed by atoms with Crippen molar-refractivity contribution < 1.29 is 37.0 Å². The second-order valence-electron chi connectivity index (χ2n) is 14.6. The minimum Gasteiger partial charge on any atom is -0.491 e. The summed E-state index contributed by atoms with van der Waals surface area (Å²) in [4.78, 5) is 31.0. The molecule has 9 nitrogen and oxygen atoms in total. The third-order valence-electron chi connectivity index (χ3n) is 7.08. The van der Waals surface area contributed by atoms with Gasteiger partial charge in [0.05, 0.1) is 11.1 Å². The fraction of sp³-hybridized carbons (Fsp3) is 0.618. The van der Waals surface area contributed by atoms with Gasteiger partial charge in [0.1, 0.15) is 29.4 Å². The van der Waals surface area contributed by atoms with Crippen LogP contribution >= 0.6 is 0 Å². The quantitative estimate of drug-likeness (QED) is 0.282. The van der Waals surface area contributed by atoms with Crippen molar-refractivity contribution in [1.82, 2.24) is 15.2 Å². The smallest absolute Gasteiger partial charge is 0.419 e. The number of carbonyl (C=O) groups is 2. The summed E-state index contributed by atoms with van der Waals surface area (Å²) in [5, 5.41) is 6.15. The van der Waals surface area contributed by atoms with Gasteiger partial charge in [-0.3, -0.25) is 0 Å². The number of amides is 2. The lowest BCUT2D eigenvalue weighted by Crippen LogP contribution is -2.52. The van der Waals surface area contributed by atoms with Crippen LogP contribution in [0, 0.1) is 5.92 Å². The molecule has 1 aliphatic rings. The van der Waals surface area contributed by atoms with Crippen molar-refractivity contribution >= 4 is 18.0 Å². The Morgan fingerprint density at radius 3 is 2.11 bits per heavy atom. The van der Waals surface area contributed by atoms with Crippen LogP contribution in [0.3, 0.4) is 0 Å². The van der Waals surface area contributed by atoms with Gasteiger partial charge >= 0.3 is 18.4 Å². The number of ether oxygens (including phenoxy) is 3. The third kappa shape index (κ3) is 11.6. The van der Waals surface area contributed by atoms with E-state index in [1.807, 2.05) is 34.6 Å². The Bertz CT molecular complexity index is 1350. The summed E-state index contributed by atoms with van der Waals surface area (Å²) < 4.78 is 59.5. The molecule has 1 saturated heterocycles. The average molecular weight is 651 g/mol. The number of likely N-dealkylation sites (tertiary alicyclic amines) is 1. The first-order chi connectivity index (χ1) is 21.1. The molecule has 1 aliphatic heterocycles. The van der Waals surface area contributed by atoms with Crippen LogP contribution in [0.2, 0.25) is 0 Å². The molecule has 1 unspecified atom stereocenters. The number of alkyl carbamates (subject to hydrolysis) is 1. The predicted octanol–water partition coefficient (Wildman–Crippen LogP) is 8.29. The monoisotopic (exact) mass is 650 g/mol. The summed E-state index contributed by atoms with van der Waals surface area (Å²) in [6.07, 6.45) is -2.34. The number of nitrogens with zero attached hydrogens (tertiary/aromatic N) is 2. The number of alkyl halides is 3. The first-order valence-corrected chi connectivity index (χ1v) is 15.7. The highest BCUT2D eigenvalue weighted by Crippen LogP contribution is 2.39. The van der Waals surface area contributed by atoms with E-state index in [-0.39, 0.29) is 30.4 Å². The van der Waals surface area contributed by atoms with E-state index in [4.69, 9.17) is 14.2 Å². The summed E-state index contributed by atoms with van der Waals surface area (Å²) in [6, 6.07) is 7.34. The van der Waals surface area contributed by atoms with E-state index < -0.39 is 34.6 Å². The molecule has 0 bridgehead atoms. The number of nitrogens with one attached hydrogen (secondary N) is 2. The van der Waals surface area contributed by atoms with Crippen LogP contribution < -0.4 is 15.4 Å². The van der Waals surface area contributed by atoms with Gasteiger partial charge in [-0.05, 0) is 109 Å². The van der Waals surface area contributed by atoms with Gasteiger partial charge in [-0.1, -0.05) is 19.9 Å². The van der Waals surface area contributed by atoms with Crippen LogP contribution in [0.1, 0.15) is 87.1 Å². The van der Waals surface area contributed by atoms with E-state index >= 15 is 0 Å². The minimum atomic E-state index is -4.69. The van der Waals surface area contributed by atoms with Gasteiger partial charge in [0, 0.05) is 25.3 Å². The molecule has 2 N–H and O–H groups in total. The zero-order valence-electron chi connectivity index (χ0n) is 28.4. The van der Waals surface area contributed by atoms with Gasteiger partial charge in [0.2, 0.25) is 0 Å². The van der Waals surface area contributed by atoms with Gasteiger partial charge in [-0.25, -0.2) is 14.6 Å². The summed E-state index contributed by atoms with van der Waals surface area (Å²) in [5.41, 5.74) is -2.30. The zero-order chi connectivity index (χ0) is 34.5. The predicted molar refractivity (Wildman–Crippen MR) is 172 cm³/mol. The normalized spacial score (nSPS) is 16.1. The maximum Gasteiger partial charge on any atom is 0.419 e. The number of halogens is 3. The third-order valence-corrected chi connectivity index (χ3v) is 7.08. The standard InChI is InChI=1S/C34H49F3N4O5/c1-22(2)20-33(9,40-29(42)45-31(3,4)5)21-44-27-11-10-23(18-26(27)34(35,36)37)24-12-15-38-28(19-24)39-25-13-16-41(17-14-25)30(43)46-32(6,7)8/h10-12,15,18-19,22,25H,13-14,16-17,20-21H2,1-9H3,(H,38,39)(H,40,42). The molecule has 0 saturated carbocycles. The number of piperidine rings is 1. The van der Waals surface area contributed by atoms with E-state index in [0.717, 1.165) is 6.07 Å². The maximum atomic E-state index is 14.3. The highest BCUT2D eigenvalue weighted by molar-refractivity contribution is 5.70. The van der Waals surface area contributed by atoms with Crippen molar-refractivity contribution in [1.29, 1.82) is 0 Å². The Hall–Kier alpha value is -3.70. The number of pyridine rings is 1. The first-order valence-electron chi connectivity index (χ1n) is 15.7. The molecule has 1 fully saturated rings. The molecule has 0 aliphatic carbocycles. The highest BCUT2D eigenvalue weighted by atomic mass is 19.4. The number of carbonyl (C=O) groups excluding carboxylic acids is 2. The fourth-order valence-electron chi connectivity index (χ4n) is 5.32. The molecule has 2 amide bonds. The van der Waals surface area contributed by atoms with Crippen LogP contribution in [-0.2, 0) is 15.7 Å². The summed E-state index contributed by atoms with van der Waals surface area (Å²) in [6.45, 7) is 17.2. The van der Waals surface area contributed by atoms with Gasteiger partial charge in [-0.15, -0.1) is 0 Å². The van der Waals surface area contributed by atoms with E-state index in [0.29, 0.717) is 49.3 Å². The lowest BCUT2D eigenvalue weighted by atomic mass is 9.91. The van der Waals surface area contributed by atoms with Crippen molar-refractivity contribution in [3.8, 4) is 16.9 Å². The summed E-state index contributed by atoms with van der Waals surface area (Å²) >= 11 is 0. The molecular weight excluding hydrogens is 601 g/mol. The van der Waals surface area contributed by atoms with Gasteiger partial charge in [0.25, 0.3) is 0 Å². The van der Waals surface area contributed by atoms with Gasteiger partial charge < -0.3 is 29.7 Å². The highest BCUT2D eigenvalue weighted by Gasteiger charge is 2.37. The molecule has 0 radical (unpaired) electrons. The number of hydrogen-bond donors (Lipinski definition) is 2. The van der Waals surface area contributed by atoms with Gasteiger partial charge in [-0.2, -0.15) is 13.2 Å². The van der Waals surface area contributed by atoms with Crippen LogP contribution in [0.25, 0.3) is 11.1 Å². The number of rotatable bonds is 9. The Morgan fingerprint density at radius 1 is 0.935 bits per heavy atom. The van der Waals surface area contributed by atoms with Crippen molar-refractivity contribution in [3.63, 3.8) is 0 Å². The Balaban J connectivity index is 1.74. The lowest BCUT2D eigenvalue weighted by molar-refractivity contribution is -0.139. The van der Waals surface area contributed by atoms with Crippen LogP contribution in [-0.4, -0.2) is 64.5 Å². The number of benzene rings is 1. The topological polar surface area (TPSA) is 102 Å². The number of aromatic nitrogens is 1. The Labute approximate surface area is 270 Å². The molecular formula is C34H49F3N4O5. The van der Waals surface area contributed by atoms with Crippen molar-refractivity contribution in [2.24, 2.45) is 5.92 Å². The van der Waals surface area contributed by atoms with Crippen molar-refractivity contribution in [3.05, 3.63) is 42.1 Å². The van der Waals surface area contributed by atoms with E-state index in [1.165, 1.54) is 6.07 Å². The van der Waals surface area contributed by atoms with Gasteiger partial charge in [0.15, 0.2) is 0 Å². The molecule has 12 heteroatoms. The largest absolute Gasteiger partial charge is 0.491 e. The Kier molecular flexibility index (Phi) is 11.5. The molecule has 3 rings (SSSR count). The van der Waals surface area contributed by atoms with Crippen LogP contribution in [0.15, 0.2) is 36.5 Å². The second kappa shape index (κ2) is 14.4. The van der Waals surface area contributed by atoms with Crippen molar-refractivity contribution in [2.75, 3.05) is 25.0 Å². The molecule has 1 atom stereocenters. The minimum absolute atomic E-state index is 0.0392. The number of anilines is 1. The first kappa shape index (κ1) is 36.8. The summed E-state index contributed by atoms with van der Waals surface area (Å²) in [5.74, 6) is 0.321. The fourth-order valence-corrected chi connectivity index (χ4v) is 5.32. The molecule has 0 spiro atoms. The molecule has 1 aromatic carbocycles. The van der Waals surface area contributed by atoms with E-state index in [2.05, 4.69) is 15.6 Å². The lowest BCUT2D eigenvalue weighted by Gasteiger charge is -2.34. The Morgan fingerprint density at radius 2 is 1.54 bits per heavy atom. The summed E-state index contributed by atoms with van der Waals surface area (Å²) in [7, 11) is 0. The average Bonchev–Trinajstić information content (AvgIpc) is 2.89. The molecule has 1 aromatic heterocycles. The van der Waals surface area contributed by atoms with Crippen LogP contribution in [0.4, 0.5) is 28.6 Å². The van der Waals surface area contributed by atoms with Crippen LogP contribution in [0.5, 0.6) is 5.75 Å². The number of hydrogen-bond acceptors (Lipinski definition) is 7. The van der Waals surface area contributed by atoms with Crippen molar-refractivity contribution in [2.45, 2.75) is 111 Å². The van der Waals surface area contributed by atoms with E-state index in [1.54, 1.807) is 57.0 Å². The molecule has 2 heterocycles. The second-order valence-corrected chi connectivity index (χ2v) is 14.6.